The molecule has 1 atom stereocenters. The molecule has 0 spiro atoms. The third-order valence-electron chi connectivity index (χ3n) is 2.30. The van der Waals surface area contributed by atoms with Crippen molar-refractivity contribution in [1.29, 1.82) is 0 Å². The van der Waals surface area contributed by atoms with Gasteiger partial charge in [-0.2, -0.15) is 0 Å². The Morgan fingerprint density at radius 3 is 2.62 bits per heavy atom. The molecule has 1 N–H and O–H groups in total. The highest BCUT2D eigenvalue weighted by molar-refractivity contribution is 9.10. The molecule has 1 aromatic carbocycles. The lowest BCUT2D eigenvalue weighted by Gasteiger charge is -2.08. The zero-order valence-corrected chi connectivity index (χ0v) is 11.1. The molecule has 0 aromatic heterocycles. The summed E-state index contributed by atoms with van der Waals surface area (Å²) in [5.74, 6) is -0.0442. The Labute approximate surface area is 105 Å². The number of nitrogens with one attached hydrogen (secondary N) is 1. The minimum Gasteiger partial charge on any atom is -0.350 e. The second kappa shape index (κ2) is 6.48. The summed E-state index contributed by atoms with van der Waals surface area (Å²) in [6, 6.07) is 8.04. The molecule has 0 bridgehead atoms. The van der Waals surface area contributed by atoms with E-state index < -0.39 is 0 Å². The minimum atomic E-state index is -0.0442. The third kappa shape index (κ3) is 4.62. The van der Waals surface area contributed by atoms with Crippen LogP contribution in [0.25, 0.3) is 6.08 Å². The SMILES string of the molecule is CC[C@H](C)NC(=O)/C=C/c1ccc(Br)cc1. The van der Waals surface area contributed by atoms with Crippen molar-refractivity contribution >= 4 is 27.9 Å². The summed E-state index contributed by atoms with van der Waals surface area (Å²) in [5, 5.41) is 2.88. The second-order valence-electron chi connectivity index (χ2n) is 3.70. The van der Waals surface area contributed by atoms with E-state index in [0.29, 0.717) is 0 Å². The Hall–Kier alpha value is -1.09. The largest absolute Gasteiger partial charge is 0.350 e. The average Bonchev–Trinajstić information content (AvgIpc) is 2.28. The molecule has 1 rings (SSSR count). The van der Waals surface area contributed by atoms with Crippen molar-refractivity contribution < 1.29 is 4.79 Å². The van der Waals surface area contributed by atoms with E-state index in [-0.39, 0.29) is 11.9 Å². The Kier molecular flexibility index (Phi) is 5.26. The van der Waals surface area contributed by atoms with Crippen LogP contribution in [0, 0.1) is 0 Å². The number of amides is 1. The zero-order chi connectivity index (χ0) is 12.0. The summed E-state index contributed by atoms with van der Waals surface area (Å²) in [7, 11) is 0. The second-order valence-corrected chi connectivity index (χ2v) is 4.62. The molecular weight excluding hydrogens is 266 g/mol. The van der Waals surface area contributed by atoms with Crippen LogP contribution in [-0.2, 0) is 4.79 Å². The van der Waals surface area contributed by atoms with E-state index in [1.54, 1.807) is 6.08 Å². The van der Waals surface area contributed by atoms with Crippen LogP contribution >= 0.6 is 15.9 Å². The normalized spacial score (nSPS) is 12.7. The number of rotatable bonds is 4. The molecule has 1 amide bonds. The molecule has 0 radical (unpaired) electrons. The molecule has 0 aliphatic carbocycles. The fraction of sp³-hybridized carbons (Fsp3) is 0.308. The number of hydrogen-bond acceptors (Lipinski definition) is 1. The molecule has 0 saturated carbocycles. The molecule has 0 saturated heterocycles. The predicted molar refractivity (Wildman–Crippen MR) is 71.1 cm³/mol. The summed E-state index contributed by atoms with van der Waals surface area (Å²) >= 11 is 3.36. The maximum absolute atomic E-state index is 11.4. The highest BCUT2D eigenvalue weighted by Crippen LogP contribution is 2.11. The molecule has 3 heteroatoms. The highest BCUT2D eigenvalue weighted by atomic mass is 79.9. The fourth-order valence-corrected chi connectivity index (χ4v) is 1.40. The predicted octanol–water partition coefficient (Wildman–Crippen LogP) is 3.38. The first-order valence-electron chi connectivity index (χ1n) is 5.36. The summed E-state index contributed by atoms with van der Waals surface area (Å²) < 4.78 is 1.04. The Morgan fingerprint density at radius 1 is 1.44 bits per heavy atom. The molecule has 0 fully saturated rings. The van der Waals surface area contributed by atoms with Crippen LogP contribution in [0.3, 0.4) is 0 Å². The van der Waals surface area contributed by atoms with Crippen LogP contribution in [0.15, 0.2) is 34.8 Å². The Morgan fingerprint density at radius 2 is 2.06 bits per heavy atom. The summed E-state index contributed by atoms with van der Waals surface area (Å²) in [6.07, 6.45) is 4.32. The van der Waals surface area contributed by atoms with Gasteiger partial charge in [0.05, 0.1) is 0 Å². The highest BCUT2D eigenvalue weighted by Gasteiger charge is 2.00. The summed E-state index contributed by atoms with van der Waals surface area (Å²) in [4.78, 5) is 11.4. The van der Waals surface area contributed by atoms with Gasteiger partial charge in [-0.05, 0) is 37.1 Å². The quantitative estimate of drug-likeness (QED) is 0.843. The van der Waals surface area contributed by atoms with E-state index in [1.165, 1.54) is 0 Å². The van der Waals surface area contributed by atoms with Crippen molar-refractivity contribution in [3.63, 3.8) is 0 Å². The van der Waals surface area contributed by atoms with Gasteiger partial charge in [0.1, 0.15) is 0 Å². The van der Waals surface area contributed by atoms with Crippen molar-refractivity contribution in [2.75, 3.05) is 0 Å². The summed E-state index contributed by atoms with van der Waals surface area (Å²) in [6.45, 7) is 4.04. The molecule has 16 heavy (non-hydrogen) atoms. The van der Waals surface area contributed by atoms with E-state index in [1.807, 2.05) is 44.2 Å². The first-order chi connectivity index (χ1) is 7.61. The van der Waals surface area contributed by atoms with Gasteiger partial charge in [-0.1, -0.05) is 35.0 Å². The maximum Gasteiger partial charge on any atom is 0.244 e. The van der Waals surface area contributed by atoms with Gasteiger partial charge in [0, 0.05) is 16.6 Å². The van der Waals surface area contributed by atoms with Gasteiger partial charge in [0.15, 0.2) is 0 Å². The van der Waals surface area contributed by atoms with Gasteiger partial charge in [-0.3, -0.25) is 4.79 Å². The van der Waals surface area contributed by atoms with Crippen molar-refractivity contribution in [3.8, 4) is 0 Å². The average molecular weight is 282 g/mol. The van der Waals surface area contributed by atoms with E-state index in [4.69, 9.17) is 0 Å². The van der Waals surface area contributed by atoms with E-state index in [0.717, 1.165) is 16.5 Å². The molecule has 0 aliphatic rings. The van der Waals surface area contributed by atoms with Crippen LogP contribution in [0.5, 0.6) is 0 Å². The van der Waals surface area contributed by atoms with Crippen molar-refractivity contribution in [1.82, 2.24) is 5.32 Å². The number of halogens is 1. The molecular formula is C13H16BrNO. The maximum atomic E-state index is 11.4. The molecule has 0 aliphatic heterocycles. The lowest BCUT2D eigenvalue weighted by Crippen LogP contribution is -2.30. The third-order valence-corrected chi connectivity index (χ3v) is 2.83. The van der Waals surface area contributed by atoms with E-state index in [2.05, 4.69) is 21.2 Å². The van der Waals surface area contributed by atoms with Gasteiger partial charge in [0.25, 0.3) is 0 Å². The van der Waals surface area contributed by atoms with E-state index >= 15 is 0 Å². The summed E-state index contributed by atoms with van der Waals surface area (Å²) in [5.41, 5.74) is 1.02. The Balaban J connectivity index is 2.53. The lowest BCUT2D eigenvalue weighted by molar-refractivity contribution is -0.117. The van der Waals surface area contributed by atoms with Crippen molar-refractivity contribution in [3.05, 3.63) is 40.4 Å². The van der Waals surface area contributed by atoms with Gasteiger partial charge in [-0.15, -0.1) is 0 Å². The molecule has 0 unspecified atom stereocenters. The van der Waals surface area contributed by atoms with Crippen molar-refractivity contribution in [2.45, 2.75) is 26.3 Å². The van der Waals surface area contributed by atoms with Crippen molar-refractivity contribution in [2.24, 2.45) is 0 Å². The first-order valence-corrected chi connectivity index (χ1v) is 6.15. The lowest BCUT2D eigenvalue weighted by atomic mass is 10.2. The monoisotopic (exact) mass is 281 g/mol. The number of hydrogen-bond donors (Lipinski definition) is 1. The van der Waals surface area contributed by atoms with Gasteiger partial charge >= 0.3 is 0 Å². The fourth-order valence-electron chi connectivity index (χ4n) is 1.14. The molecule has 0 heterocycles. The topological polar surface area (TPSA) is 29.1 Å². The number of carbonyl (C=O) groups is 1. The zero-order valence-electron chi connectivity index (χ0n) is 9.53. The van der Waals surface area contributed by atoms with Gasteiger partial charge < -0.3 is 5.32 Å². The smallest absolute Gasteiger partial charge is 0.244 e. The number of benzene rings is 1. The van der Waals surface area contributed by atoms with Gasteiger partial charge in [0.2, 0.25) is 5.91 Å². The number of carbonyl (C=O) groups excluding carboxylic acids is 1. The van der Waals surface area contributed by atoms with Crippen LogP contribution in [0.2, 0.25) is 0 Å². The van der Waals surface area contributed by atoms with E-state index in [9.17, 15) is 4.79 Å². The standard InChI is InChI=1S/C13H16BrNO/c1-3-10(2)15-13(16)9-6-11-4-7-12(14)8-5-11/h4-10H,3H2,1-2H3,(H,15,16)/b9-6+/t10-/m0/s1. The van der Waals surface area contributed by atoms with Crippen LogP contribution in [0.4, 0.5) is 0 Å². The van der Waals surface area contributed by atoms with Crippen LogP contribution in [0.1, 0.15) is 25.8 Å². The first kappa shape index (κ1) is 13.0. The van der Waals surface area contributed by atoms with Crippen LogP contribution in [-0.4, -0.2) is 11.9 Å². The van der Waals surface area contributed by atoms with Crippen LogP contribution < -0.4 is 5.32 Å². The Bertz CT molecular complexity index is 370. The molecule has 2 nitrogen and oxygen atoms in total. The molecule has 86 valence electrons. The minimum absolute atomic E-state index is 0.0442. The van der Waals surface area contributed by atoms with Gasteiger partial charge in [-0.25, -0.2) is 0 Å². The molecule has 1 aromatic rings.